The van der Waals surface area contributed by atoms with Gasteiger partial charge in [0.15, 0.2) is 0 Å². The number of urea groups is 1. The molecule has 0 aliphatic rings. The fourth-order valence-corrected chi connectivity index (χ4v) is 1.18. The number of nitrogens with one attached hydrogen (secondary N) is 2. The summed E-state index contributed by atoms with van der Waals surface area (Å²) in [6, 6.07) is -0.462. The molecule has 0 aromatic rings. The Morgan fingerprint density at radius 3 is 2.36 bits per heavy atom. The van der Waals surface area contributed by atoms with Gasteiger partial charge in [0.05, 0.1) is 0 Å². The second kappa shape index (κ2) is 8.77. The molecule has 0 saturated heterocycles. The molecule has 0 heterocycles. The van der Waals surface area contributed by atoms with E-state index in [2.05, 4.69) is 29.4 Å². The topological polar surface area (TPSA) is 70.4 Å². The number of nitrogens with two attached hydrogens (primary N) is 1. The molecule has 0 aliphatic heterocycles. The molecular weight excluding hydrogens is 180 g/mol. The van der Waals surface area contributed by atoms with E-state index in [9.17, 15) is 4.79 Å². The molecule has 0 fully saturated rings. The summed E-state index contributed by atoms with van der Waals surface area (Å²) < 4.78 is 0. The molecule has 0 bridgehead atoms. The minimum Gasteiger partial charge on any atom is -0.352 e. The molecule has 0 rings (SSSR count). The van der Waals surface area contributed by atoms with Gasteiger partial charge in [-0.25, -0.2) is 4.79 Å². The molecule has 2 amide bonds. The Bertz CT molecular complexity index is 148. The van der Waals surface area contributed by atoms with Crippen LogP contribution in [0.5, 0.6) is 0 Å². The minimum atomic E-state index is -0.462. The number of hydrogen-bond donors (Lipinski definition) is 3. The summed E-state index contributed by atoms with van der Waals surface area (Å²) in [4.78, 5) is 12.6. The van der Waals surface area contributed by atoms with Crippen LogP contribution in [0, 0.1) is 0 Å². The van der Waals surface area contributed by atoms with E-state index in [-0.39, 0.29) is 0 Å². The van der Waals surface area contributed by atoms with Gasteiger partial charge in [-0.15, -0.1) is 0 Å². The standard InChI is InChI=1S/C9H22N4O/c1-3-13(4-2)8-7-11-5-6-12-9(10)14/h11H,3-8H2,1-2H3,(H3,10,12,14). The zero-order valence-corrected chi connectivity index (χ0v) is 9.18. The van der Waals surface area contributed by atoms with E-state index in [0.29, 0.717) is 6.54 Å². The average Bonchev–Trinajstić information content (AvgIpc) is 2.16. The first-order valence-corrected chi connectivity index (χ1v) is 5.17. The van der Waals surface area contributed by atoms with E-state index in [1.54, 1.807) is 0 Å². The highest BCUT2D eigenvalue weighted by Crippen LogP contribution is 1.83. The van der Waals surface area contributed by atoms with Crippen LogP contribution in [0.25, 0.3) is 0 Å². The van der Waals surface area contributed by atoms with Gasteiger partial charge in [0.2, 0.25) is 0 Å². The predicted octanol–water partition coefficient (Wildman–Crippen LogP) is -0.414. The van der Waals surface area contributed by atoms with Gasteiger partial charge >= 0.3 is 6.03 Å². The molecule has 14 heavy (non-hydrogen) atoms. The van der Waals surface area contributed by atoms with E-state index in [1.807, 2.05) is 0 Å². The van der Waals surface area contributed by atoms with E-state index in [0.717, 1.165) is 32.7 Å². The van der Waals surface area contributed by atoms with E-state index >= 15 is 0 Å². The second-order valence-electron chi connectivity index (χ2n) is 3.07. The van der Waals surface area contributed by atoms with Gasteiger partial charge in [-0.05, 0) is 13.1 Å². The van der Waals surface area contributed by atoms with Crippen molar-refractivity contribution in [3.8, 4) is 0 Å². The Morgan fingerprint density at radius 2 is 1.86 bits per heavy atom. The van der Waals surface area contributed by atoms with Crippen LogP contribution in [0.1, 0.15) is 13.8 Å². The highest BCUT2D eigenvalue weighted by atomic mass is 16.2. The Kier molecular flexibility index (Phi) is 8.27. The van der Waals surface area contributed by atoms with Crippen molar-refractivity contribution < 1.29 is 4.79 Å². The zero-order chi connectivity index (χ0) is 10.8. The van der Waals surface area contributed by atoms with Crippen LogP contribution in [0.15, 0.2) is 0 Å². The lowest BCUT2D eigenvalue weighted by Gasteiger charge is -2.17. The largest absolute Gasteiger partial charge is 0.352 e. The maximum atomic E-state index is 10.3. The first-order chi connectivity index (χ1) is 6.70. The van der Waals surface area contributed by atoms with Crippen molar-refractivity contribution in [2.45, 2.75) is 13.8 Å². The average molecular weight is 202 g/mol. The highest BCUT2D eigenvalue weighted by Gasteiger charge is 1.97. The van der Waals surface area contributed by atoms with Gasteiger partial charge in [-0.1, -0.05) is 13.8 Å². The van der Waals surface area contributed by atoms with Crippen molar-refractivity contribution in [3.05, 3.63) is 0 Å². The molecular formula is C9H22N4O. The van der Waals surface area contributed by atoms with Crippen molar-refractivity contribution in [1.82, 2.24) is 15.5 Å². The number of likely N-dealkylation sites (N-methyl/N-ethyl adjacent to an activating group) is 1. The fraction of sp³-hybridized carbons (Fsp3) is 0.889. The summed E-state index contributed by atoms with van der Waals surface area (Å²) in [5.74, 6) is 0. The molecule has 5 heteroatoms. The summed E-state index contributed by atoms with van der Waals surface area (Å²) >= 11 is 0. The molecule has 0 aromatic carbocycles. The molecule has 0 spiro atoms. The van der Waals surface area contributed by atoms with Crippen LogP contribution in [0.2, 0.25) is 0 Å². The maximum Gasteiger partial charge on any atom is 0.312 e. The molecule has 5 nitrogen and oxygen atoms in total. The van der Waals surface area contributed by atoms with Crippen LogP contribution in [0.3, 0.4) is 0 Å². The number of amides is 2. The van der Waals surface area contributed by atoms with Gasteiger partial charge in [0.25, 0.3) is 0 Å². The molecule has 0 aliphatic carbocycles. The first-order valence-electron chi connectivity index (χ1n) is 5.17. The van der Waals surface area contributed by atoms with Gasteiger partial charge in [-0.3, -0.25) is 0 Å². The van der Waals surface area contributed by atoms with Gasteiger partial charge in [0.1, 0.15) is 0 Å². The number of rotatable bonds is 8. The summed E-state index contributed by atoms with van der Waals surface area (Å²) in [5, 5.41) is 5.75. The van der Waals surface area contributed by atoms with Crippen LogP contribution in [-0.4, -0.2) is 50.2 Å². The SMILES string of the molecule is CCN(CC)CCNCCNC(N)=O. The second-order valence-corrected chi connectivity index (χ2v) is 3.07. The molecule has 4 N–H and O–H groups in total. The summed E-state index contributed by atoms with van der Waals surface area (Å²) in [6.07, 6.45) is 0. The number of nitrogens with zero attached hydrogens (tertiary/aromatic N) is 1. The molecule has 0 unspecified atom stereocenters. The molecule has 0 atom stereocenters. The van der Waals surface area contributed by atoms with E-state index in [4.69, 9.17) is 5.73 Å². The highest BCUT2D eigenvalue weighted by molar-refractivity contribution is 5.71. The van der Waals surface area contributed by atoms with Crippen LogP contribution >= 0.6 is 0 Å². The Labute approximate surface area is 86.0 Å². The summed E-state index contributed by atoms with van der Waals surface area (Å²) in [6.45, 7) is 9.81. The predicted molar refractivity (Wildman–Crippen MR) is 58.2 cm³/mol. The Morgan fingerprint density at radius 1 is 1.21 bits per heavy atom. The fourth-order valence-electron chi connectivity index (χ4n) is 1.18. The van der Waals surface area contributed by atoms with E-state index in [1.165, 1.54) is 0 Å². The van der Waals surface area contributed by atoms with Crippen molar-refractivity contribution in [3.63, 3.8) is 0 Å². The molecule has 0 aromatic heterocycles. The van der Waals surface area contributed by atoms with Crippen molar-refractivity contribution in [2.24, 2.45) is 5.73 Å². The number of primary amides is 1. The van der Waals surface area contributed by atoms with Gasteiger partial charge in [0, 0.05) is 26.2 Å². The lowest BCUT2D eigenvalue weighted by atomic mass is 10.4. The van der Waals surface area contributed by atoms with Crippen LogP contribution in [0.4, 0.5) is 4.79 Å². The monoisotopic (exact) mass is 202 g/mol. The molecule has 0 saturated carbocycles. The Balaban J connectivity index is 3.16. The maximum absolute atomic E-state index is 10.3. The third kappa shape index (κ3) is 7.82. The van der Waals surface area contributed by atoms with Crippen LogP contribution < -0.4 is 16.4 Å². The lowest BCUT2D eigenvalue weighted by molar-refractivity contribution is 0.248. The number of hydrogen-bond acceptors (Lipinski definition) is 3. The summed E-state index contributed by atoms with van der Waals surface area (Å²) in [7, 11) is 0. The smallest absolute Gasteiger partial charge is 0.312 e. The zero-order valence-electron chi connectivity index (χ0n) is 9.18. The number of carbonyl (C=O) groups is 1. The summed E-state index contributed by atoms with van der Waals surface area (Å²) in [5.41, 5.74) is 4.91. The van der Waals surface area contributed by atoms with Crippen LogP contribution in [-0.2, 0) is 0 Å². The minimum absolute atomic E-state index is 0.462. The first kappa shape index (κ1) is 13.2. The molecule has 0 radical (unpaired) electrons. The Hall–Kier alpha value is -0.810. The normalized spacial score (nSPS) is 10.5. The van der Waals surface area contributed by atoms with Crippen molar-refractivity contribution in [2.75, 3.05) is 39.3 Å². The van der Waals surface area contributed by atoms with E-state index < -0.39 is 6.03 Å². The van der Waals surface area contributed by atoms with Gasteiger partial charge in [-0.2, -0.15) is 0 Å². The molecule has 84 valence electrons. The quantitative estimate of drug-likeness (QED) is 0.468. The lowest BCUT2D eigenvalue weighted by Crippen LogP contribution is -2.38. The third-order valence-electron chi connectivity index (χ3n) is 2.10. The third-order valence-corrected chi connectivity index (χ3v) is 2.10. The van der Waals surface area contributed by atoms with Gasteiger partial charge < -0.3 is 21.3 Å². The van der Waals surface area contributed by atoms with Crippen molar-refractivity contribution in [1.29, 1.82) is 0 Å². The van der Waals surface area contributed by atoms with Crippen molar-refractivity contribution >= 4 is 6.03 Å². The number of carbonyl (C=O) groups excluding carboxylic acids is 1.